The summed E-state index contributed by atoms with van der Waals surface area (Å²) in [5, 5.41) is 22.3. The number of hydrogen-bond donors (Lipinski definition) is 1. The molecule has 0 fully saturated rings. The van der Waals surface area contributed by atoms with Crippen LogP contribution in [0.2, 0.25) is 10.0 Å². The second kappa shape index (κ2) is 8.23. The molecule has 0 radical (unpaired) electrons. The lowest BCUT2D eigenvalue weighted by Gasteiger charge is -2.06. The van der Waals surface area contributed by atoms with E-state index in [1.165, 1.54) is 18.1 Å². The number of methoxy groups -OCH3 is 1. The summed E-state index contributed by atoms with van der Waals surface area (Å²) >= 11 is 12.3. The Balaban J connectivity index is 1.65. The molecule has 1 N–H and O–H groups in total. The molecule has 1 amide bonds. The molecule has 0 saturated carbocycles. The minimum Gasteiger partial charge on any atom is -0.475 e. The molecule has 28 heavy (non-hydrogen) atoms. The fourth-order valence-electron chi connectivity index (χ4n) is 2.33. The molecule has 1 aromatic carbocycles. The maximum atomic E-state index is 12.1. The number of rotatable bonds is 7. The zero-order valence-electron chi connectivity index (χ0n) is 14.4. The van der Waals surface area contributed by atoms with Gasteiger partial charge in [0.05, 0.1) is 18.6 Å². The number of benzene rings is 1. The molecule has 0 atom stereocenters. The van der Waals surface area contributed by atoms with Crippen molar-refractivity contribution in [3.05, 3.63) is 56.4 Å². The Hall–Kier alpha value is -3.18. The van der Waals surface area contributed by atoms with Gasteiger partial charge in [0, 0.05) is 15.6 Å². The molecule has 146 valence electrons. The number of aromatic nitrogens is 5. The molecule has 2 heterocycles. The lowest BCUT2D eigenvalue weighted by molar-refractivity contribution is -0.385. The average molecular weight is 426 g/mol. The highest BCUT2D eigenvalue weighted by Crippen LogP contribution is 2.25. The van der Waals surface area contributed by atoms with E-state index in [2.05, 4.69) is 20.5 Å². The van der Waals surface area contributed by atoms with E-state index in [0.29, 0.717) is 15.6 Å². The van der Waals surface area contributed by atoms with Crippen LogP contribution in [0.5, 0.6) is 5.88 Å². The first-order valence-corrected chi connectivity index (χ1v) is 8.51. The van der Waals surface area contributed by atoms with E-state index in [0.717, 1.165) is 10.9 Å². The topological polar surface area (TPSA) is 130 Å². The van der Waals surface area contributed by atoms with Crippen LogP contribution in [0, 0.1) is 10.1 Å². The third-order valence-corrected chi connectivity index (χ3v) is 4.28. The highest BCUT2D eigenvalue weighted by Gasteiger charge is 2.21. The largest absolute Gasteiger partial charge is 0.475 e. The molecule has 0 spiro atoms. The number of halogens is 2. The van der Waals surface area contributed by atoms with Crippen molar-refractivity contribution in [2.45, 2.75) is 13.1 Å². The Bertz CT molecular complexity index is 1010. The third-order valence-electron chi connectivity index (χ3n) is 3.57. The van der Waals surface area contributed by atoms with Gasteiger partial charge in [0.25, 0.3) is 0 Å². The second-order valence-electron chi connectivity index (χ2n) is 5.49. The molecular formula is C15H13Cl2N7O4. The molecule has 3 rings (SSSR count). The Labute approximate surface area is 168 Å². The number of nitro groups is 1. The molecule has 0 aliphatic carbocycles. The fraction of sp³-hybridized carbons (Fsp3) is 0.200. The standard InChI is InChI=1S/C15H13Cl2N7O4/c1-28-14-12(24(26)27)6-22(20-14)7-13(25)19-15-18-8-23(21-15)5-9-10(16)3-2-4-11(9)17/h2-4,6,8H,5,7H2,1H3,(H,19,21,25). The van der Waals surface area contributed by atoms with Crippen LogP contribution in [-0.2, 0) is 17.9 Å². The van der Waals surface area contributed by atoms with Crippen LogP contribution in [0.1, 0.15) is 5.56 Å². The maximum absolute atomic E-state index is 12.1. The van der Waals surface area contributed by atoms with Crippen molar-refractivity contribution >= 4 is 40.7 Å². The molecule has 0 unspecified atom stereocenters. The van der Waals surface area contributed by atoms with Gasteiger partial charge in [-0.2, -0.15) is 0 Å². The van der Waals surface area contributed by atoms with Crippen molar-refractivity contribution in [2.24, 2.45) is 0 Å². The van der Waals surface area contributed by atoms with E-state index >= 15 is 0 Å². The van der Waals surface area contributed by atoms with E-state index in [-0.39, 0.29) is 30.6 Å². The SMILES string of the molecule is COc1nn(CC(=O)Nc2ncn(Cc3c(Cl)cccc3Cl)n2)cc1[N+](=O)[O-]. The number of hydrogen-bond acceptors (Lipinski definition) is 7. The predicted molar refractivity (Wildman–Crippen MR) is 99.6 cm³/mol. The van der Waals surface area contributed by atoms with Gasteiger partial charge in [-0.05, 0) is 12.1 Å². The highest BCUT2D eigenvalue weighted by atomic mass is 35.5. The number of nitrogens with one attached hydrogen (secondary N) is 1. The summed E-state index contributed by atoms with van der Waals surface area (Å²) in [4.78, 5) is 26.4. The number of ether oxygens (including phenoxy) is 1. The van der Waals surface area contributed by atoms with Gasteiger partial charge in [-0.25, -0.2) is 9.67 Å². The van der Waals surface area contributed by atoms with E-state index in [4.69, 9.17) is 27.9 Å². The smallest absolute Gasteiger partial charge is 0.350 e. The van der Waals surface area contributed by atoms with Gasteiger partial charge in [-0.15, -0.1) is 10.2 Å². The van der Waals surface area contributed by atoms with Crippen molar-refractivity contribution in [1.82, 2.24) is 24.5 Å². The fourth-order valence-corrected chi connectivity index (χ4v) is 2.85. The minimum absolute atomic E-state index is 0.0572. The average Bonchev–Trinajstić information content (AvgIpc) is 3.25. The van der Waals surface area contributed by atoms with Crippen molar-refractivity contribution < 1.29 is 14.5 Å². The summed E-state index contributed by atoms with van der Waals surface area (Å²) in [5.74, 6) is -0.646. The third kappa shape index (κ3) is 4.38. The summed E-state index contributed by atoms with van der Waals surface area (Å²) in [5.41, 5.74) is 0.332. The predicted octanol–water partition coefficient (Wildman–Crippen LogP) is 2.39. The maximum Gasteiger partial charge on any atom is 0.350 e. The zero-order chi connectivity index (χ0) is 20.3. The van der Waals surface area contributed by atoms with Crippen molar-refractivity contribution in [1.29, 1.82) is 0 Å². The summed E-state index contributed by atoms with van der Waals surface area (Å²) in [6, 6.07) is 5.15. The van der Waals surface area contributed by atoms with Crippen LogP contribution in [0.4, 0.5) is 11.6 Å². The molecule has 13 heteroatoms. The van der Waals surface area contributed by atoms with Gasteiger partial charge in [0.15, 0.2) is 0 Å². The van der Waals surface area contributed by atoms with Gasteiger partial charge in [-0.3, -0.25) is 24.9 Å². The van der Waals surface area contributed by atoms with Crippen LogP contribution in [0.15, 0.2) is 30.7 Å². The molecular weight excluding hydrogens is 413 g/mol. The van der Waals surface area contributed by atoms with Gasteiger partial charge in [0.1, 0.15) is 19.1 Å². The summed E-state index contributed by atoms with van der Waals surface area (Å²) in [6.07, 6.45) is 2.51. The summed E-state index contributed by atoms with van der Waals surface area (Å²) < 4.78 is 7.36. The molecule has 3 aromatic rings. The minimum atomic E-state index is -0.649. The van der Waals surface area contributed by atoms with Gasteiger partial charge >= 0.3 is 11.6 Å². The first-order chi connectivity index (χ1) is 13.4. The molecule has 11 nitrogen and oxygen atoms in total. The molecule has 0 aliphatic rings. The van der Waals surface area contributed by atoms with E-state index in [9.17, 15) is 14.9 Å². The van der Waals surface area contributed by atoms with Crippen LogP contribution in [-0.4, -0.2) is 42.5 Å². The number of nitrogens with zero attached hydrogens (tertiary/aromatic N) is 6. The second-order valence-corrected chi connectivity index (χ2v) is 6.31. The van der Waals surface area contributed by atoms with Crippen molar-refractivity contribution in [2.75, 3.05) is 12.4 Å². The summed E-state index contributed by atoms with van der Waals surface area (Å²) in [7, 11) is 1.25. The first-order valence-electron chi connectivity index (χ1n) is 7.75. The molecule has 0 saturated heterocycles. The molecule has 2 aromatic heterocycles. The lowest BCUT2D eigenvalue weighted by atomic mass is 10.2. The molecule has 0 aliphatic heterocycles. The van der Waals surface area contributed by atoms with E-state index < -0.39 is 10.8 Å². The monoisotopic (exact) mass is 425 g/mol. The lowest BCUT2D eigenvalue weighted by Crippen LogP contribution is -2.20. The highest BCUT2D eigenvalue weighted by molar-refractivity contribution is 6.35. The van der Waals surface area contributed by atoms with Gasteiger partial charge < -0.3 is 4.74 Å². The number of carbonyl (C=O) groups is 1. The number of amides is 1. The van der Waals surface area contributed by atoms with Crippen LogP contribution in [0.25, 0.3) is 0 Å². The Kier molecular flexibility index (Phi) is 5.76. The molecule has 0 bridgehead atoms. The van der Waals surface area contributed by atoms with Crippen LogP contribution in [0.3, 0.4) is 0 Å². The van der Waals surface area contributed by atoms with Crippen molar-refractivity contribution in [3.63, 3.8) is 0 Å². The number of carbonyl (C=O) groups excluding carboxylic acids is 1. The Morgan fingerprint density at radius 3 is 2.61 bits per heavy atom. The van der Waals surface area contributed by atoms with E-state index in [1.54, 1.807) is 18.2 Å². The van der Waals surface area contributed by atoms with Gasteiger partial charge in [0.2, 0.25) is 11.9 Å². The quantitative estimate of drug-likeness (QED) is 0.454. The van der Waals surface area contributed by atoms with Crippen molar-refractivity contribution in [3.8, 4) is 5.88 Å². The van der Waals surface area contributed by atoms with Crippen LogP contribution < -0.4 is 10.1 Å². The first kappa shape index (κ1) is 19.6. The van der Waals surface area contributed by atoms with Crippen LogP contribution >= 0.6 is 23.2 Å². The normalized spacial score (nSPS) is 10.7. The zero-order valence-corrected chi connectivity index (χ0v) is 15.9. The Morgan fingerprint density at radius 2 is 2.00 bits per heavy atom. The van der Waals surface area contributed by atoms with E-state index in [1.807, 2.05) is 0 Å². The van der Waals surface area contributed by atoms with Gasteiger partial charge in [-0.1, -0.05) is 29.3 Å². The summed E-state index contributed by atoms with van der Waals surface area (Å²) in [6.45, 7) is -0.0149. The number of anilines is 1. The Morgan fingerprint density at radius 1 is 1.29 bits per heavy atom.